The van der Waals surface area contributed by atoms with Crippen molar-refractivity contribution in [3.63, 3.8) is 0 Å². The molecule has 0 spiro atoms. The van der Waals surface area contributed by atoms with Gasteiger partial charge in [0.15, 0.2) is 6.10 Å². The molecule has 0 heterocycles. The minimum absolute atomic E-state index is 0.0221. The molecule has 0 saturated carbocycles. The van der Waals surface area contributed by atoms with Gasteiger partial charge in [0.2, 0.25) is 0 Å². The molecule has 314 valence electrons. The third-order valence-corrected chi connectivity index (χ3v) is 8.42. The standard InChI is InChI=1S/C45H70NO9P/c1-3-5-7-8-9-10-11-12-13-16-19-22-25-28-32-36-44(48)52-40-43(41-54-56(50,51)53-39-38-46)55-45(49)37-33-29-26-23-20-17-14-15-18-21-24-27-31-35-42(47)34-30-6-4-2/h5-7,9-10,12-13,15,17-20,22,24,26-27,29-31,35,42-43,47H,3-4,8,11,14,16,21,23,25,28,32-34,36-41,46H2,1-2H3,(H,50,51)/b7-5-,10-9-,13-12-,18-15-,20-17-,22-19-,27-24+,29-26-,30-6-,35-31+/t42?,43-/m1/s1. The highest BCUT2D eigenvalue weighted by atomic mass is 31.2. The Labute approximate surface area is 337 Å². The van der Waals surface area contributed by atoms with Crippen molar-refractivity contribution in [1.29, 1.82) is 0 Å². The highest BCUT2D eigenvalue weighted by molar-refractivity contribution is 7.47. The Kier molecular flexibility index (Phi) is 37.0. The topological polar surface area (TPSA) is 155 Å². The Balaban J connectivity index is 4.47. The van der Waals surface area contributed by atoms with Crippen LogP contribution in [0.25, 0.3) is 0 Å². The minimum Gasteiger partial charge on any atom is -0.462 e. The number of carbonyl (C=O) groups is 2. The van der Waals surface area contributed by atoms with Gasteiger partial charge in [-0.05, 0) is 83.5 Å². The Bertz CT molecular complexity index is 1340. The molecule has 10 nitrogen and oxygen atoms in total. The van der Waals surface area contributed by atoms with Crippen molar-refractivity contribution in [1.82, 2.24) is 0 Å². The van der Waals surface area contributed by atoms with Crippen LogP contribution in [0.15, 0.2) is 122 Å². The SMILES string of the molecule is CC/C=C\C/C=C\C/C=C\C/C=C\CCCCC(=O)OC[C@H](COP(=O)(O)OCCN)OC(=O)CC/C=C\C/C=C\C/C=C\C/C=C/C=C/C(O)C/C=C\CC. The molecule has 0 fully saturated rings. The quantitative estimate of drug-likeness (QED) is 0.0185. The highest BCUT2D eigenvalue weighted by Crippen LogP contribution is 2.43. The molecule has 2 unspecified atom stereocenters. The fourth-order valence-corrected chi connectivity index (χ4v) is 5.26. The monoisotopic (exact) mass is 799 g/mol. The third-order valence-electron chi connectivity index (χ3n) is 7.44. The summed E-state index contributed by atoms with van der Waals surface area (Å²) in [5.74, 6) is -1.01. The van der Waals surface area contributed by atoms with Crippen LogP contribution in [0.2, 0.25) is 0 Å². The molecule has 0 bridgehead atoms. The lowest BCUT2D eigenvalue weighted by atomic mass is 10.2. The summed E-state index contributed by atoms with van der Waals surface area (Å²) in [5, 5.41) is 9.83. The van der Waals surface area contributed by atoms with Crippen molar-refractivity contribution in [2.45, 2.75) is 122 Å². The zero-order chi connectivity index (χ0) is 41.2. The largest absolute Gasteiger partial charge is 0.472 e. The number of nitrogens with two attached hydrogens (primary N) is 1. The predicted octanol–water partition coefficient (Wildman–Crippen LogP) is 10.3. The van der Waals surface area contributed by atoms with Crippen LogP contribution in [0.3, 0.4) is 0 Å². The lowest BCUT2D eigenvalue weighted by Gasteiger charge is -2.19. The van der Waals surface area contributed by atoms with E-state index in [0.717, 1.165) is 57.8 Å². The van der Waals surface area contributed by atoms with E-state index in [2.05, 4.69) is 80.7 Å². The van der Waals surface area contributed by atoms with Crippen LogP contribution in [0.5, 0.6) is 0 Å². The number of unbranched alkanes of at least 4 members (excludes halogenated alkanes) is 2. The molecule has 0 aromatic rings. The molecule has 0 saturated heterocycles. The first-order chi connectivity index (χ1) is 27.2. The van der Waals surface area contributed by atoms with Gasteiger partial charge in [0.1, 0.15) is 6.61 Å². The molecule has 0 amide bonds. The van der Waals surface area contributed by atoms with Gasteiger partial charge in [-0.25, -0.2) is 4.57 Å². The van der Waals surface area contributed by atoms with Gasteiger partial charge in [-0.3, -0.25) is 18.6 Å². The number of hydrogen-bond acceptors (Lipinski definition) is 9. The van der Waals surface area contributed by atoms with E-state index in [4.69, 9.17) is 24.3 Å². The maximum Gasteiger partial charge on any atom is 0.472 e. The molecule has 56 heavy (non-hydrogen) atoms. The molecule has 0 rings (SSSR count). The molecular weight excluding hydrogens is 729 g/mol. The molecule has 0 aliphatic heterocycles. The van der Waals surface area contributed by atoms with Crippen LogP contribution in [-0.4, -0.2) is 60.5 Å². The maximum absolute atomic E-state index is 12.5. The zero-order valence-corrected chi connectivity index (χ0v) is 34.8. The van der Waals surface area contributed by atoms with Gasteiger partial charge in [0.05, 0.1) is 19.3 Å². The maximum atomic E-state index is 12.5. The number of rotatable bonds is 35. The van der Waals surface area contributed by atoms with E-state index in [1.165, 1.54) is 0 Å². The van der Waals surface area contributed by atoms with Crippen LogP contribution in [0.1, 0.15) is 110 Å². The second kappa shape index (κ2) is 39.6. The molecule has 0 aliphatic rings. The van der Waals surface area contributed by atoms with Crippen LogP contribution >= 0.6 is 7.82 Å². The summed E-state index contributed by atoms with van der Waals surface area (Å²) >= 11 is 0. The van der Waals surface area contributed by atoms with Gasteiger partial charge < -0.3 is 25.2 Å². The van der Waals surface area contributed by atoms with E-state index in [-0.39, 0.29) is 32.6 Å². The normalized spacial score (nSPS) is 15.2. The zero-order valence-electron chi connectivity index (χ0n) is 33.9. The number of carbonyl (C=O) groups excluding carboxylic acids is 2. The first-order valence-corrected chi connectivity index (χ1v) is 21.6. The van der Waals surface area contributed by atoms with Gasteiger partial charge in [0.25, 0.3) is 0 Å². The molecule has 0 aromatic heterocycles. The van der Waals surface area contributed by atoms with Crippen molar-refractivity contribution < 1.29 is 42.7 Å². The summed E-state index contributed by atoms with van der Waals surface area (Å²) in [7, 11) is -4.42. The molecule has 11 heteroatoms. The average molecular weight is 800 g/mol. The van der Waals surface area contributed by atoms with Crippen molar-refractivity contribution in [3.8, 4) is 0 Å². The Morgan fingerprint density at radius 2 is 1.16 bits per heavy atom. The average Bonchev–Trinajstić information content (AvgIpc) is 3.18. The summed E-state index contributed by atoms with van der Waals surface area (Å²) in [6.07, 6.45) is 50.1. The molecule has 4 N–H and O–H groups in total. The van der Waals surface area contributed by atoms with E-state index in [1.54, 1.807) is 6.08 Å². The fraction of sp³-hybridized carbons (Fsp3) is 0.511. The van der Waals surface area contributed by atoms with E-state index in [0.29, 0.717) is 25.7 Å². The Morgan fingerprint density at radius 1 is 0.625 bits per heavy atom. The number of phosphoric acid groups is 1. The summed E-state index contributed by atoms with van der Waals surface area (Å²) in [5.41, 5.74) is 5.33. The van der Waals surface area contributed by atoms with E-state index >= 15 is 0 Å². The van der Waals surface area contributed by atoms with E-state index < -0.39 is 38.6 Å². The van der Waals surface area contributed by atoms with Gasteiger partial charge in [-0.15, -0.1) is 0 Å². The lowest BCUT2D eigenvalue weighted by Crippen LogP contribution is -2.29. The Hall–Kier alpha value is -3.63. The van der Waals surface area contributed by atoms with Crippen LogP contribution in [-0.2, 0) is 32.7 Å². The van der Waals surface area contributed by atoms with Crippen molar-refractivity contribution in [3.05, 3.63) is 122 Å². The first kappa shape index (κ1) is 52.4. The number of phosphoric ester groups is 1. The van der Waals surface area contributed by atoms with Crippen molar-refractivity contribution in [2.75, 3.05) is 26.4 Å². The summed E-state index contributed by atoms with van der Waals surface area (Å²) in [6.45, 7) is 3.21. The van der Waals surface area contributed by atoms with Crippen LogP contribution < -0.4 is 5.73 Å². The predicted molar refractivity (Wildman–Crippen MR) is 230 cm³/mol. The highest BCUT2D eigenvalue weighted by Gasteiger charge is 2.25. The number of ether oxygens (including phenoxy) is 2. The molecule has 0 aromatic carbocycles. The van der Waals surface area contributed by atoms with Gasteiger partial charge in [-0.2, -0.15) is 0 Å². The lowest BCUT2D eigenvalue weighted by molar-refractivity contribution is -0.161. The second-order valence-corrected chi connectivity index (χ2v) is 14.0. The summed E-state index contributed by atoms with van der Waals surface area (Å²) < 4.78 is 32.5. The van der Waals surface area contributed by atoms with Gasteiger partial charge in [-0.1, -0.05) is 135 Å². The smallest absolute Gasteiger partial charge is 0.462 e. The van der Waals surface area contributed by atoms with E-state index in [1.807, 2.05) is 48.6 Å². The number of allylic oxidation sites excluding steroid dienone is 18. The van der Waals surface area contributed by atoms with Crippen LogP contribution in [0.4, 0.5) is 0 Å². The van der Waals surface area contributed by atoms with Gasteiger partial charge >= 0.3 is 19.8 Å². The number of hydrogen-bond donors (Lipinski definition) is 3. The molecule has 3 atom stereocenters. The minimum atomic E-state index is -4.42. The van der Waals surface area contributed by atoms with E-state index in [9.17, 15) is 24.2 Å². The number of aliphatic hydroxyl groups is 1. The van der Waals surface area contributed by atoms with Crippen LogP contribution in [0, 0.1) is 0 Å². The number of esters is 2. The molecular formula is C45H70NO9P. The van der Waals surface area contributed by atoms with Crippen molar-refractivity contribution >= 4 is 19.8 Å². The summed E-state index contributed by atoms with van der Waals surface area (Å²) in [4.78, 5) is 34.7. The molecule has 0 radical (unpaired) electrons. The Morgan fingerprint density at radius 3 is 1.75 bits per heavy atom. The fourth-order valence-electron chi connectivity index (χ4n) is 4.50. The van der Waals surface area contributed by atoms with Gasteiger partial charge in [0, 0.05) is 19.4 Å². The second-order valence-electron chi connectivity index (χ2n) is 12.6. The number of aliphatic hydroxyl groups excluding tert-OH is 1. The van der Waals surface area contributed by atoms with Crippen molar-refractivity contribution in [2.24, 2.45) is 5.73 Å². The first-order valence-electron chi connectivity index (χ1n) is 20.1. The third kappa shape index (κ3) is 38.6. The molecule has 0 aliphatic carbocycles. The summed E-state index contributed by atoms with van der Waals surface area (Å²) in [6, 6.07) is 0.